The first-order valence-corrected chi connectivity index (χ1v) is 6.70. The number of hydrogen-bond donors (Lipinski definition) is 1. The second-order valence-corrected chi connectivity index (χ2v) is 5.27. The second kappa shape index (κ2) is 6.17. The Balaban J connectivity index is 2.16. The average molecular weight is 263 g/mol. The minimum Gasteiger partial charge on any atom is -0.497 e. The Kier molecular flexibility index (Phi) is 4.56. The molecule has 1 N–H and O–H groups in total. The zero-order valence-electron chi connectivity index (χ0n) is 11.7. The van der Waals surface area contributed by atoms with Gasteiger partial charge in [0.1, 0.15) is 5.75 Å². The molecule has 0 fully saturated rings. The first-order valence-electron chi connectivity index (χ1n) is 6.70. The van der Waals surface area contributed by atoms with E-state index in [1.165, 1.54) is 0 Å². The van der Waals surface area contributed by atoms with E-state index in [1.807, 2.05) is 18.2 Å². The van der Waals surface area contributed by atoms with Crippen LogP contribution in [0.4, 0.5) is 0 Å². The molecular formula is C15H21NO3. The summed E-state index contributed by atoms with van der Waals surface area (Å²) >= 11 is 0. The number of fused-ring (bicyclic) bond motifs is 1. The summed E-state index contributed by atoms with van der Waals surface area (Å²) < 4.78 is 5.22. The standard InChI is InChI=1S/C15H21NO3/c1-10(2)9-16-19-15-13-8-12(18-3)6-4-11(13)5-7-14(15)17/h4,6,8,10,15-16H,5,7,9H2,1-3H3. The van der Waals surface area contributed by atoms with Gasteiger partial charge >= 0.3 is 0 Å². The smallest absolute Gasteiger partial charge is 0.168 e. The van der Waals surface area contributed by atoms with Crippen molar-refractivity contribution in [3.8, 4) is 5.75 Å². The highest BCUT2D eigenvalue weighted by Crippen LogP contribution is 2.32. The molecular weight excluding hydrogens is 242 g/mol. The van der Waals surface area contributed by atoms with E-state index in [2.05, 4.69) is 19.3 Å². The Bertz CT molecular complexity index is 457. The number of benzene rings is 1. The van der Waals surface area contributed by atoms with Gasteiger partial charge in [-0.05, 0) is 35.6 Å². The van der Waals surface area contributed by atoms with E-state index in [1.54, 1.807) is 7.11 Å². The number of aryl methyl sites for hydroxylation is 1. The predicted octanol–water partition coefficient (Wildman–Crippen LogP) is 2.43. The third-order valence-electron chi connectivity index (χ3n) is 3.26. The van der Waals surface area contributed by atoms with Crippen LogP contribution in [0.15, 0.2) is 18.2 Å². The van der Waals surface area contributed by atoms with Gasteiger partial charge in [0, 0.05) is 13.0 Å². The number of nitrogens with one attached hydrogen (secondary N) is 1. The first kappa shape index (κ1) is 14.0. The van der Waals surface area contributed by atoms with Crippen molar-refractivity contribution in [1.82, 2.24) is 5.48 Å². The van der Waals surface area contributed by atoms with Crippen molar-refractivity contribution in [2.75, 3.05) is 13.7 Å². The largest absolute Gasteiger partial charge is 0.497 e. The molecule has 1 aromatic rings. The zero-order chi connectivity index (χ0) is 13.8. The molecule has 2 rings (SSSR count). The molecule has 1 aromatic carbocycles. The monoisotopic (exact) mass is 263 g/mol. The maximum atomic E-state index is 12.0. The summed E-state index contributed by atoms with van der Waals surface area (Å²) in [6.07, 6.45) is 0.799. The van der Waals surface area contributed by atoms with Gasteiger partial charge in [-0.25, -0.2) is 5.48 Å². The number of ether oxygens (including phenoxy) is 1. The van der Waals surface area contributed by atoms with Gasteiger partial charge in [0.05, 0.1) is 7.11 Å². The zero-order valence-corrected chi connectivity index (χ0v) is 11.7. The molecule has 1 atom stereocenters. The minimum atomic E-state index is -0.516. The topological polar surface area (TPSA) is 47.6 Å². The third-order valence-corrected chi connectivity index (χ3v) is 3.26. The summed E-state index contributed by atoms with van der Waals surface area (Å²) in [6.45, 7) is 4.91. The number of carbonyl (C=O) groups excluding carboxylic acids is 1. The van der Waals surface area contributed by atoms with Crippen molar-refractivity contribution in [3.05, 3.63) is 29.3 Å². The lowest BCUT2D eigenvalue weighted by Crippen LogP contribution is -2.30. The lowest BCUT2D eigenvalue weighted by atomic mass is 9.88. The summed E-state index contributed by atoms with van der Waals surface area (Å²) in [7, 11) is 1.62. The molecule has 1 aliphatic rings. The molecule has 1 unspecified atom stereocenters. The molecule has 0 heterocycles. The van der Waals surface area contributed by atoms with E-state index in [0.717, 1.165) is 29.8 Å². The van der Waals surface area contributed by atoms with Gasteiger partial charge in [-0.15, -0.1) is 0 Å². The van der Waals surface area contributed by atoms with Crippen LogP contribution >= 0.6 is 0 Å². The predicted molar refractivity (Wildman–Crippen MR) is 73.0 cm³/mol. The van der Waals surface area contributed by atoms with Gasteiger partial charge in [-0.1, -0.05) is 19.9 Å². The van der Waals surface area contributed by atoms with E-state index in [-0.39, 0.29) is 5.78 Å². The Morgan fingerprint density at radius 3 is 2.84 bits per heavy atom. The van der Waals surface area contributed by atoms with E-state index < -0.39 is 6.10 Å². The fourth-order valence-corrected chi connectivity index (χ4v) is 2.16. The summed E-state index contributed by atoms with van der Waals surface area (Å²) in [6, 6.07) is 5.83. The molecule has 4 nitrogen and oxygen atoms in total. The molecule has 0 radical (unpaired) electrons. The van der Waals surface area contributed by atoms with Crippen LogP contribution in [0.3, 0.4) is 0 Å². The van der Waals surface area contributed by atoms with Crippen molar-refractivity contribution < 1.29 is 14.4 Å². The van der Waals surface area contributed by atoms with Gasteiger partial charge in [-0.3, -0.25) is 9.63 Å². The molecule has 0 amide bonds. The van der Waals surface area contributed by atoms with Crippen LogP contribution in [0, 0.1) is 5.92 Å². The number of Topliss-reactive ketones (excluding diaryl/α,β-unsaturated/α-hetero) is 1. The van der Waals surface area contributed by atoms with Gasteiger partial charge in [0.15, 0.2) is 11.9 Å². The molecule has 0 saturated heterocycles. The Morgan fingerprint density at radius 2 is 2.16 bits per heavy atom. The number of hydroxylamine groups is 1. The summed E-state index contributed by atoms with van der Waals surface area (Å²) in [4.78, 5) is 17.6. The molecule has 0 spiro atoms. The third kappa shape index (κ3) is 3.33. The van der Waals surface area contributed by atoms with E-state index in [0.29, 0.717) is 12.3 Å². The summed E-state index contributed by atoms with van der Waals surface area (Å²) in [5.74, 6) is 1.35. The lowest BCUT2D eigenvalue weighted by molar-refractivity contribution is -0.138. The van der Waals surface area contributed by atoms with Gasteiger partial charge in [0.2, 0.25) is 0 Å². The number of carbonyl (C=O) groups is 1. The molecule has 104 valence electrons. The highest BCUT2D eigenvalue weighted by atomic mass is 16.7. The number of methoxy groups -OCH3 is 1. The fourth-order valence-electron chi connectivity index (χ4n) is 2.16. The Morgan fingerprint density at radius 1 is 1.37 bits per heavy atom. The van der Waals surface area contributed by atoms with Crippen molar-refractivity contribution >= 4 is 5.78 Å². The Hall–Kier alpha value is -1.39. The van der Waals surface area contributed by atoms with Crippen molar-refractivity contribution in [2.45, 2.75) is 32.8 Å². The van der Waals surface area contributed by atoms with Crippen LogP contribution in [-0.2, 0) is 16.1 Å². The minimum absolute atomic E-state index is 0.122. The second-order valence-electron chi connectivity index (χ2n) is 5.27. The normalized spacial score (nSPS) is 18.5. The molecule has 0 saturated carbocycles. The molecule has 19 heavy (non-hydrogen) atoms. The van der Waals surface area contributed by atoms with Crippen LogP contribution in [0.1, 0.15) is 37.5 Å². The number of hydrogen-bond acceptors (Lipinski definition) is 4. The molecule has 0 aromatic heterocycles. The molecule has 4 heteroatoms. The average Bonchev–Trinajstić information content (AvgIpc) is 2.40. The SMILES string of the molecule is COc1ccc2c(c1)C(ONCC(C)C)C(=O)CC2. The summed E-state index contributed by atoms with van der Waals surface area (Å²) in [5.41, 5.74) is 4.99. The maximum Gasteiger partial charge on any atom is 0.168 e. The van der Waals surface area contributed by atoms with Crippen LogP contribution in [0.25, 0.3) is 0 Å². The van der Waals surface area contributed by atoms with Gasteiger partial charge in [0.25, 0.3) is 0 Å². The number of ketones is 1. The van der Waals surface area contributed by atoms with Crippen molar-refractivity contribution in [3.63, 3.8) is 0 Å². The molecule has 0 aliphatic heterocycles. The fraction of sp³-hybridized carbons (Fsp3) is 0.533. The maximum absolute atomic E-state index is 12.0. The van der Waals surface area contributed by atoms with E-state index >= 15 is 0 Å². The lowest BCUT2D eigenvalue weighted by Gasteiger charge is -2.25. The van der Waals surface area contributed by atoms with E-state index in [4.69, 9.17) is 9.57 Å². The van der Waals surface area contributed by atoms with Crippen LogP contribution in [0.2, 0.25) is 0 Å². The van der Waals surface area contributed by atoms with Crippen molar-refractivity contribution in [1.29, 1.82) is 0 Å². The van der Waals surface area contributed by atoms with E-state index in [9.17, 15) is 4.79 Å². The summed E-state index contributed by atoms with van der Waals surface area (Å²) in [5, 5.41) is 0. The quantitative estimate of drug-likeness (QED) is 0.829. The van der Waals surface area contributed by atoms with Crippen LogP contribution in [0.5, 0.6) is 5.75 Å². The van der Waals surface area contributed by atoms with Crippen LogP contribution in [-0.4, -0.2) is 19.4 Å². The number of rotatable bonds is 5. The highest BCUT2D eigenvalue weighted by molar-refractivity contribution is 5.86. The molecule has 1 aliphatic carbocycles. The Labute approximate surface area is 114 Å². The van der Waals surface area contributed by atoms with Crippen LogP contribution < -0.4 is 10.2 Å². The molecule has 0 bridgehead atoms. The van der Waals surface area contributed by atoms with Crippen molar-refractivity contribution in [2.24, 2.45) is 5.92 Å². The van der Waals surface area contributed by atoms with Gasteiger partial charge < -0.3 is 4.74 Å². The first-order chi connectivity index (χ1) is 9.11. The van der Waals surface area contributed by atoms with Gasteiger partial charge in [-0.2, -0.15) is 0 Å². The highest BCUT2D eigenvalue weighted by Gasteiger charge is 2.29.